The van der Waals surface area contributed by atoms with Crippen molar-refractivity contribution >= 4 is 11.7 Å². The average molecular weight is 262 g/mol. The number of hydrogen-bond donors (Lipinski definition) is 1. The maximum absolute atomic E-state index is 12.1. The van der Waals surface area contributed by atoms with E-state index in [-0.39, 0.29) is 5.91 Å². The fourth-order valence-electron chi connectivity index (χ4n) is 2.38. The molecule has 0 aliphatic carbocycles. The highest BCUT2D eigenvalue weighted by Crippen LogP contribution is 2.14. The molecule has 0 radical (unpaired) electrons. The Labute approximate surface area is 114 Å². The van der Waals surface area contributed by atoms with Gasteiger partial charge in [-0.2, -0.15) is 0 Å². The second kappa shape index (κ2) is 6.50. The second-order valence-corrected chi connectivity index (χ2v) is 5.04. The number of carbonyl (C=O) groups excluding carboxylic acids is 1. The van der Waals surface area contributed by atoms with Gasteiger partial charge in [-0.05, 0) is 19.8 Å². The minimum absolute atomic E-state index is 0.232. The zero-order chi connectivity index (χ0) is 13.7. The van der Waals surface area contributed by atoms with Gasteiger partial charge in [-0.25, -0.2) is 9.97 Å². The Balaban J connectivity index is 2.09. The van der Waals surface area contributed by atoms with Crippen LogP contribution >= 0.6 is 0 Å². The topological polar surface area (TPSA) is 58.1 Å². The van der Waals surface area contributed by atoms with Crippen LogP contribution in [0.15, 0.2) is 6.07 Å². The van der Waals surface area contributed by atoms with Crippen molar-refractivity contribution in [3.8, 4) is 0 Å². The summed E-state index contributed by atoms with van der Waals surface area (Å²) in [5.41, 5.74) is 0.925. The van der Waals surface area contributed by atoms with Gasteiger partial charge in [-0.15, -0.1) is 0 Å². The van der Waals surface area contributed by atoms with E-state index in [1.165, 1.54) is 12.8 Å². The van der Waals surface area contributed by atoms with Gasteiger partial charge in [0.1, 0.15) is 11.6 Å². The van der Waals surface area contributed by atoms with Gasteiger partial charge in [0.25, 0.3) is 0 Å². The van der Waals surface area contributed by atoms with Gasteiger partial charge in [-0.3, -0.25) is 4.79 Å². The smallest absolute Gasteiger partial charge is 0.222 e. The predicted octanol–water partition coefficient (Wildman–Crippen LogP) is 2.12. The lowest BCUT2D eigenvalue weighted by Gasteiger charge is -2.24. The number of carbonyl (C=O) groups is 1. The monoisotopic (exact) mass is 262 g/mol. The molecule has 2 heterocycles. The first-order valence-corrected chi connectivity index (χ1v) is 6.99. The van der Waals surface area contributed by atoms with Gasteiger partial charge in [0, 0.05) is 31.8 Å². The summed E-state index contributed by atoms with van der Waals surface area (Å²) in [5, 5.41) is 3.02. The molecule has 1 aliphatic heterocycles. The standard InChI is InChI=1S/C14H22N4O/c1-11-9-12(15-2)17-13(16-11)10-18-8-6-4-3-5-7-14(18)19/h9H,3-8,10H2,1-2H3,(H,15,16,17). The number of rotatable bonds is 3. The van der Waals surface area contributed by atoms with E-state index >= 15 is 0 Å². The number of aryl methyl sites for hydroxylation is 1. The summed E-state index contributed by atoms with van der Waals surface area (Å²) >= 11 is 0. The van der Waals surface area contributed by atoms with Crippen LogP contribution in [0.25, 0.3) is 0 Å². The maximum Gasteiger partial charge on any atom is 0.222 e. The van der Waals surface area contributed by atoms with Crippen molar-refractivity contribution in [2.45, 2.75) is 45.6 Å². The zero-order valence-corrected chi connectivity index (χ0v) is 11.8. The molecule has 1 aromatic rings. The molecule has 0 bridgehead atoms. The number of nitrogens with zero attached hydrogens (tertiary/aromatic N) is 3. The minimum Gasteiger partial charge on any atom is -0.373 e. The number of amides is 1. The van der Waals surface area contributed by atoms with E-state index in [4.69, 9.17) is 0 Å². The molecule has 0 saturated carbocycles. The summed E-state index contributed by atoms with van der Waals surface area (Å²) in [5.74, 6) is 1.76. The highest BCUT2D eigenvalue weighted by Gasteiger charge is 2.17. The van der Waals surface area contributed by atoms with Crippen LogP contribution in [0.3, 0.4) is 0 Å². The van der Waals surface area contributed by atoms with Crippen molar-refractivity contribution in [2.24, 2.45) is 0 Å². The molecule has 2 rings (SSSR count). The molecule has 0 atom stereocenters. The molecule has 0 spiro atoms. The van der Waals surface area contributed by atoms with Crippen LogP contribution in [0.4, 0.5) is 5.82 Å². The molecule has 104 valence electrons. The molecule has 0 aromatic carbocycles. The molecule has 1 fully saturated rings. The maximum atomic E-state index is 12.1. The predicted molar refractivity (Wildman–Crippen MR) is 74.8 cm³/mol. The van der Waals surface area contributed by atoms with Crippen LogP contribution in [0, 0.1) is 6.92 Å². The second-order valence-electron chi connectivity index (χ2n) is 5.04. The first-order valence-electron chi connectivity index (χ1n) is 6.99. The van der Waals surface area contributed by atoms with Crippen LogP contribution in [-0.2, 0) is 11.3 Å². The van der Waals surface area contributed by atoms with Crippen molar-refractivity contribution in [2.75, 3.05) is 18.9 Å². The third kappa shape index (κ3) is 3.91. The van der Waals surface area contributed by atoms with Gasteiger partial charge >= 0.3 is 0 Å². The minimum atomic E-state index is 0.232. The fraction of sp³-hybridized carbons (Fsp3) is 0.643. The highest BCUT2D eigenvalue weighted by atomic mass is 16.2. The van der Waals surface area contributed by atoms with Gasteiger partial charge in [-0.1, -0.05) is 12.8 Å². The zero-order valence-electron chi connectivity index (χ0n) is 11.8. The van der Waals surface area contributed by atoms with Gasteiger partial charge < -0.3 is 10.2 Å². The van der Waals surface area contributed by atoms with E-state index in [0.717, 1.165) is 36.7 Å². The van der Waals surface area contributed by atoms with Crippen molar-refractivity contribution in [1.29, 1.82) is 0 Å². The van der Waals surface area contributed by atoms with E-state index in [9.17, 15) is 4.79 Å². The lowest BCUT2D eigenvalue weighted by Crippen LogP contribution is -2.33. The Morgan fingerprint density at radius 2 is 2.05 bits per heavy atom. The molecule has 1 aliphatic rings. The number of anilines is 1. The van der Waals surface area contributed by atoms with Gasteiger partial charge in [0.15, 0.2) is 0 Å². The molecular weight excluding hydrogens is 240 g/mol. The average Bonchev–Trinajstić information content (AvgIpc) is 2.38. The van der Waals surface area contributed by atoms with Gasteiger partial charge in [0.2, 0.25) is 5.91 Å². The molecule has 19 heavy (non-hydrogen) atoms. The van der Waals surface area contributed by atoms with Gasteiger partial charge in [0.05, 0.1) is 6.54 Å². The first-order chi connectivity index (χ1) is 9.19. The van der Waals surface area contributed by atoms with Crippen molar-refractivity contribution in [3.05, 3.63) is 17.6 Å². The van der Waals surface area contributed by atoms with Crippen LogP contribution in [0.1, 0.15) is 43.6 Å². The number of hydrogen-bond acceptors (Lipinski definition) is 4. The molecular formula is C14H22N4O. The molecule has 0 unspecified atom stereocenters. The van der Waals surface area contributed by atoms with Crippen LogP contribution in [0.2, 0.25) is 0 Å². The van der Waals surface area contributed by atoms with Crippen LogP contribution in [-0.4, -0.2) is 34.4 Å². The highest BCUT2D eigenvalue weighted by molar-refractivity contribution is 5.76. The summed E-state index contributed by atoms with van der Waals surface area (Å²) in [4.78, 5) is 22.8. The number of likely N-dealkylation sites (tertiary alicyclic amines) is 1. The first kappa shape index (κ1) is 13.8. The molecule has 1 aromatic heterocycles. The van der Waals surface area contributed by atoms with Crippen LogP contribution in [0.5, 0.6) is 0 Å². The summed E-state index contributed by atoms with van der Waals surface area (Å²) in [6.45, 7) is 3.29. The third-order valence-corrected chi connectivity index (χ3v) is 3.41. The Bertz CT molecular complexity index is 447. The summed E-state index contributed by atoms with van der Waals surface area (Å²) < 4.78 is 0. The molecule has 1 amide bonds. The Morgan fingerprint density at radius 3 is 2.84 bits per heavy atom. The Morgan fingerprint density at radius 1 is 1.26 bits per heavy atom. The summed E-state index contributed by atoms with van der Waals surface area (Å²) in [7, 11) is 1.84. The molecule has 1 saturated heterocycles. The largest absolute Gasteiger partial charge is 0.373 e. The molecule has 5 nitrogen and oxygen atoms in total. The number of nitrogens with one attached hydrogen (secondary N) is 1. The SMILES string of the molecule is CNc1cc(C)nc(CN2CCCCCCC2=O)n1. The normalized spacial score (nSPS) is 16.9. The Kier molecular flexibility index (Phi) is 4.71. The third-order valence-electron chi connectivity index (χ3n) is 3.41. The number of aromatic nitrogens is 2. The summed E-state index contributed by atoms with van der Waals surface area (Å²) in [6, 6.07) is 1.90. The van der Waals surface area contributed by atoms with Crippen molar-refractivity contribution in [1.82, 2.24) is 14.9 Å². The Hall–Kier alpha value is -1.65. The van der Waals surface area contributed by atoms with E-state index in [1.807, 2.05) is 24.9 Å². The molecule has 5 heteroatoms. The van der Waals surface area contributed by atoms with E-state index < -0.39 is 0 Å². The van der Waals surface area contributed by atoms with Crippen molar-refractivity contribution < 1.29 is 4.79 Å². The quantitative estimate of drug-likeness (QED) is 0.906. The summed E-state index contributed by atoms with van der Waals surface area (Å²) in [6.07, 6.45) is 5.12. The van der Waals surface area contributed by atoms with Crippen molar-refractivity contribution in [3.63, 3.8) is 0 Å². The lowest BCUT2D eigenvalue weighted by molar-refractivity contribution is -0.132. The van der Waals surface area contributed by atoms with Crippen LogP contribution < -0.4 is 5.32 Å². The van der Waals surface area contributed by atoms with E-state index in [1.54, 1.807) is 0 Å². The van der Waals surface area contributed by atoms with E-state index in [2.05, 4.69) is 15.3 Å². The lowest BCUT2D eigenvalue weighted by atomic mass is 10.1. The van der Waals surface area contributed by atoms with E-state index in [0.29, 0.717) is 13.0 Å². The molecule has 1 N–H and O–H groups in total. The fourth-order valence-corrected chi connectivity index (χ4v) is 2.38.